The molecule has 2 aliphatic rings. The number of thiophene rings is 1. The molecule has 0 radical (unpaired) electrons. The van der Waals surface area contributed by atoms with Gasteiger partial charge in [0.15, 0.2) is 0 Å². The van der Waals surface area contributed by atoms with Crippen LogP contribution in [0.4, 0.5) is 5.69 Å². The Bertz CT molecular complexity index is 826. The average molecular weight is 428 g/mol. The Morgan fingerprint density at radius 2 is 1.77 bits per heavy atom. The molecule has 2 heterocycles. The van der Waals surface area contributed by atoms with E-state index in [0.29, 0.717) is 5.56 Å². The molecule has 2 fully saturated rings. The maximum atomic E-state index is 13.0. The second-order valence-corrected chi connectivity index (χ2v) is 8.89. The fourth-order valence-electron chi connectivity index (χ4n) is 4.11. The second-order valence-electron chi connectivity index (χ2n) is 7.91. The third-order valence-corrected chi connectivity index (χ3v) is 6.76. The molecule has 160 valence electrons. The minimum Gasteiger partial charge on any atom is -0.378 e. The smallest absolute Gasteiger partial charge is 0.252 e. The van der Waals surface area contributed by atoms with Gasteiger partial charge in [-0.1, -0.05) is 25.3 Å². The fourth-order valence-corrected chi connectivity index (χ4v) is 4.89. The molecule has 1 unspecified atom stereocenters. The molecule has 1 aromatic heterocycles. The van der Waals surface area contributed by atoms with Crippen molar-refractivity contribution >= 4 is 28.8 Å². The van der Waals surface area contributed by atoms with Crippen LogP contribution in [0.1, 0.15) is 53.4 Å². The Kier molecular flexibility index (Phi) is 7.02. The van der Waals surface area contributed by atoms with Crippen LogP contribution < -0.4 is 15.5 Å². The third-order valence-electron chi connectivity index (χ3n) is 5.82. The largest absolute Gasteiger partial charge is 0.378 e. The van der Waals surface area contributed by atoms with E-state index >= 15 is 0 Å². The van der Waals surface area contributed by atoms with Gasteiger partial charge in [-0.25, -0.2) is 0 Å². The monoisotopic (exact) mass is 427 g/mol. The number of benzene rings is 1. The van der Waals surface area contributed by atoms with E-state index in [1.165, 1.54) is 17.8 Å². The summed E-state index contributed by atoms with van der Waals surface area (Å²) in [5.41, 5.74) is 1.64. The molecular weight excluding hydrogens is 398 g/mol. The zero-order chi connectivity index (χ0) is 20.8. The quantitative estimate of drug-likeness (QED) is 0.740. The summed E-state index contributed by atoms with van der Waals surface area (Å²) in [4.78, 5) is 29.0. The number of morpholine rings is 1. The van der Waals surface area contributed by atoms with Gasteiger partial charge in [0.25, 0.3) is 5.91 Å². The van der Waals surface area contributed by atoms with E-state index in [1.807, 2.05) is 41.8 Å². The summed E-state index contributed by atoms with van der Waals surface area (Å²) in [7, 11) is 0. The molecule has 1 aliphatic heterocycles. The predicted molar refractivity (Wildman–Crippen MR) is 119 cm³/mol. The number of hydrogen-bond acceptors (Lipinski definition) is 5. The standard InChI is InChI=1S/C23H29N3O3S/c27-22(17-8-10-19(11-9-17)26-12-14-29-15-13-26)25-21(20-7-4-16-30-20)23(28)24-18-5-2-1-3-6-18/h4,7-11,16,18,21H,1-3,5-6,12-15H2,(H,24,28)(H,25,27). The number of carbonyl (C=O) groups is 2. The summed E-state index contributed by atoms with van der Waals surface area (Å²) in [6, 6.07) is 10.9. The van der Waals surface area contributed by atoms with E-state index in [-0.39, 0.29) is 17.9 Å². The van der Waals surface area contributed by atoms with Crippen molar-refractivity contribution in [3.05, 3.63) is 52.2 Å². The first kappa shape index (κ1) is 20.9. The maximum absolute atomic E-state index is 13.0. The molecule has 2 aromatic rings. The Morgan fingerprint density at radius 3 is 2.43 bits per heavy atom. The minimum absolute atomic E-state index is 0.123. The number of amides is 2. The normalized spacial score (nSPS) is 18.6. The number of ether oxygens (including phenoxy) is 1. The van der Waals surface area contributed by atoms with Crippen LogP contribution in [0.25, 0.3) is 0 Å². The van der Waals surface area contributed by atoms with Crippen LogP contribution in [-0.2, 0) is 9.53 Å². The second kappa shape index (κ2) is 10.1. The van der Waals surface area contributed by atoms with E-state index in [0.717, 1.165) is 62.6 Å². The summed E-state index contributed by atoms with van der Waals surface area (Å²) in [6.07, 6.45) is 5.56. The molecule has 30 heavy (non-hydrogen) atoms. The van der Waals surface area contributed by atoms with Gasteiger partial charge in [0.2, 0.25) is 5.91 Å². The van der Waals surface area contributed by atoms with Crippen molar-refractivity contribution in [1.82, 2.24) is 10.6 Å². The van der Waals surface area contributed by atoms with Gasteiger partial charge in [0.05, 0.1) is 13.2 Å². The molecule has 0 bridgehead atoms. The van der Waals surface area contributed by atoms with Gasteiger partial charge in [0.1, 0.15) is 6.04 Å². The van der Waals surface area contributed by atoms with Crippen molar-refractivity contribution in [2.24, 2.45) is 0 Å². The van der Waals surface area contributed by atoms with Crippen LogP contribution in [0.3, 0.4) is 0 Å². The average Bonchev–Trinajstić information content (AvgIpc) is 3.33. The molecule has 4 rings (SSSR count). The molecule has 1 saturated heterocycles. The Morgan fingerprint density at radius 1 is 1.03 bits per heavy atom. The third kappa shape index (κ3) is 5.21. The first-order chi connectivity index (χ1) is 14.7. The molecule has 6 nitrogen and oxygen atoms in total. The van der Waals surface area contributed by atoms with Crippen molar-refractivity contribution in [1.29, 1.82) is 0 Å². The van der Waals surface area contributed by atoms with Gasteiger partial charge in [-0.05, 0) is 48.6 Å². The number of rotatable bonds is 6. The lowest BCUT2D eigenvalue weighted by atomic mass is 9.95. The minimum atomic E-state index is -0.668. The van der Waals surface area contributed by atoms with E-state index in [9.17, 15) is 9.59 Å². The lowest BCUT2D eigenvalue weighted by molar-refractivity contribution is -0.124. The van der Waals surface area contributed by atoms with Crippen molar-refractivity contribution in [3.8, 4) is 0 Å². The zero-order valence-corrected chi connectivity index (χ0v) is 18.0. The van der Waals surface area contributed by atoms with Crippen LogP contribution in [0, 0.1) is 0 Å². The van der Waals surface area contributed by atoms with Crippen LogP contribution in [0.2, 0.25) is 0 Å². The zero-order valence-electron chi connectivity index (χ0n) is 17.1. The molecule has 2 amide bonds. The molecule has 7 heteroatoms. The number of anilines is 1. The van der Waals surface area contributed by atoms with Gasteiger partial charge < -0.3 is 20.3 Å². The van der Waals surface area contributed by atoms with Gasteiger partial charge in [-0.3, -0.25) is 9.59 Å². The Hall–Kier alpha value is -2.38. The molecular formula is C23H29N3O3S. The summed E-state index contributed by atoms with van der Waals surface area (Å²) in [5, 5.41) is 8.03. The van der Waals surface area contributed by atoms with Crippen molar-refractivity contribution in [2.45, 2.75) is 44.2 Å². The highest BCUT2D eigenvalue weighted by Crippen LogP contribution is 2.23. The van der Waals surface area contributed by atoms with Crippen LogP contribution in [-0.4, -0.2) is 44.2 Å². The van der Waals surface area contributed by atoms with Crippen LogP contribution >= 0.6 is 11.3 Å². The first-order valence-corrected chi connectivity index (χ1v) is 11.7. The number of carbonyl (C=O) groups excluding carboxylic acids is 2. The van der Waals surface area contributed by atoms with Gasteiger partial charge in [-0.15, -0.1) is 11.3 Å². The highest BCUT2D eigenvalue weighted by molar-refractivity contribution is 7.10. The SMILES string of the molecule is O=C(NC(C(=O)NC1CCCCC1)c1cccs1)c1ccc(N2CCOCC2)cc1. The number of nitrogens with one attached hydrogen (secondary N) is 2. The van der Waals surface area contributed by atoms with Gasteiger partial charge in [-0.2, -0.15) is 0 Å². The molecule has 0 spiro atoms. The highest BCUT2D eigenvalue weighted by atomic mass is 32.1. The number of nitrogens with zero attached hydrogens (tertiary/aromatic N) is 1. The molecule has 2 N–H and O–H groups in total. The lowest BCUT2D eigenvalue weighted by Crippen LogP contribution is -2.44. The Labute approximate surface area is 181 Å². The van der Waals surface area contributed by atoms with E-state index in [4.69, 9.17) is 4.74 Å². The molecule has 1 atom stereocenters. The number of hydrogen-bond donors (Lipinski definition) is 2. The van der Waals surface area contributed by atoms with Crippen molar-refractivity contribution < 1.29 is 14.3 Å². The fraction of sp³-hybridized carbons (Fsp3) is 0.478. The lowest BCUT2D eigenvalue weighted by Gasteiger charge is -2.29. The summed E-state index contributed by atoms with van der Waals surface area (Å²) < 4.78 is 5.40. The maximum Gasteiger partial charge on any atom is 0.252 e. The van der Waals surface area contributed by atoms with Gasteiger partial charge >= 0.3 is 0 Å². The van der Waals surface area contributed by atoms with Crippen LogP contribution in [0.15, 0.2) is 41.8 Å². The van der Waals surface area contributed by atoms with Crippen molar-refractivity contribution in [3.63, 3.8) is 0 Å². The highest BCUT2D eigenvalue weighted by Gasteiger charge is 2.27. The molecule has 1 aliphatic carbocycles. The van der Waals surface area contributed by atoms with E-state index in [1.54, 1.807) is 0 Å². The van der Waals surface area contributed by atoms with Gasteiger partial charge in [0, 0.05) is 35.3 Å². The van der Waals surface area contributed by atoms with E-state index in [2.05, 4.69) is 15.5 Å². The molecule has 1 aromatic carbocycles. The van der Waals surface area contributed by atoms with E-state index < -0.39 is 6.04 Å². The molecule has 1 saturated carbocycles. The summed E-state index contributed by atoms with van der Waals surface area (Å²) in [5.74, 6) is -0.358. The Balaban J connectivity index is 1.43. The summed E-state index contributed by atoms with van der Waals surface area (Å²) >= 11 is 1.49. The summed E-state index contributed by atoms with van der Waals surface area (Å²) in [6.45, 7) is 3.16. The predicted octanol–water partition coefficient (Wildman–Crippen LogP) is 3.50. The van der Waals surface area contributed by atoms with Crippen molar-refractivity contribution in [2.75, 3.05) is 31.2 Å². The topological polar surface area (TPSA) is 70.7 Å². The van der Waals surface area contributed by atoms with Crippen LogP contribution in [0.5, 0.6) is 0 Å². The first-order valence-electron chi connectivity index (χ1n) is 10.8.